The van der Waals surface area contributed by atoms with Gasteiger partial charge in [-0.25, -0.2) is 4.79 Å². The van der Waals surface area contributed by atoms with Gasteiger partial charge in [0.1, 0.15) is 6.04 Å². The first-order valence-electron chi connectivity index (χ1n) is 10.1. The van der Waals surface area contributed by atoms with Gasteiger partial charge in [0.2, 0.25) is 0 Å². The fraction of sp³-hybridized carbons (Fsp3) is 0.435. The Bertz CT molecular complexity index is 779. The summed E-state index contributed by atoms with van der Waals surface area (Å²) < 4.78 is 4.97. The Morgan fingerprint density at radius 2 is 1.83 bits per heavy atom. The molecule has 1 heterocycles. The number of β-amino-alcohol motifs (C(OH)–C–C–N with tert-alkyl or cyclic N) is 1. The number of piperidine rings is 1. The summed E-state index contributed by atoms with van der Waals surface area (Å²) in [5.74, 6) is 0.135. The van der Waals surface area contributed by atoms with Crippen LogP contribution in [0.25, 0.3) is 0 Å². The zero-order chi connectivity index (χ0) is 20.6. The highest BCUT2D eigenvalue weighted by Gasteiger charge is 2.26. The van der Waals surface area contributed by atoms with Crippen LogP contribution in [0.1, 0.15) is 36.1 Å². The van der Waals surface area contributed by atoms with Crippen LogP contribution in [0.2, 0.25) is 5.02 Å². The average molecular weight is 417 g/mol. The highest BCUT2D eigenvalue weighted by Crippen LogP contribution is 2.25. The van der Waals surface area contributed by atoms with Crippen LogP contribution in [-0.4, -0.2) is 49.3 Å². The number of aliphatic hydroxyl groups is 1. The van der Waals surface area contributed by atoms with Gasteiger partial charge in [-0.05, 0) is 55.6 Å². The van der Waals surface area contributed by atoms with Gasteiger partial charge in [0, 0.05) is 11.6 Å². The van der Waals surface area contributed by atoms with E-state index in [-0.39, 0.29) is 5.97 Å². The van der Waals surface area contributed by atoms with Crippen molar-refractivity contribution in [2.24, 2.45) is 5.92 Å². The highest BCUT2D eigenvalue weighted by molar-refractivity contribution is 6.31. The first-order valence-corrected chi connectivity index (χ1v) is 10.5. The summed E-state index contributed by atoms with van der Waals surface area (Å²) in [5.41, 5.74) is 1.70. The largest absolute Gasteiger partial charge is 0.468 e. The van der Waals surface area contributed by atoms with Crippen LogP contribution in [0.3, 0.4) is 0 Å². The molecule has 1 fully saturated rings. The minimum atomic E-state index is -0.563. The second-order valence-electron chi connectivity index (χ2n) is 7.56. The molecule has 1 aliphatic rings. The predicted molar refractivity (Wildman–Crippen MR) is 115 cm³/mol. The Kier molecular flexibility index (Phi) is 8.07. The summed E-state index contributed by atoms with van der Waals surface area (Å²) in [6.07, 6.45) is 1.57. The molecule has 1 aliphatic heterocycles. The van der Waals surface area contributed by atoms with Crippen LogP contribution in [0.4, 0.5) is 0 Å². The van der Waals surface area contributed by atoms with Gasteiger partial charge in [0.05, 0.1) is 13.2 Å². The Balaban J connectivity index is 1.49. The Labute approximate surface area is 177 Å². The summed E-state index contributed by atoms with van der Waals surface area (Å²) in [5, 5.41) is 14.3. The number of rotatable bonds is 8. The van der Waals surface area contributed by atoms with Gasteiger partial charge in [-0.2, -0.15) is 0 Å². The maximum absolute atomic E-state index is 12.3. The Morgan fingerprint density at radius 1 is 1.17 bits per heavy atom. The van der Waals surface area contributed by atoms with E-state index in [0.29, 0.717) is 17.5 Å². The van der Waals surface area contributed by atoms with E-state index in [1.165, 1.54) is 7.11 Å². The van der Waals surface area contributed by atoms with Crippen molar-refractivity contribution in [3.8, 4) is 0 Å². The molecule has 5 nitrogen and oxygen atoms in total. The Morgan fingerprint density at radius 3 is 2.48 bits per heavy atom. The van der Waals surface area contributed by atoms with Crippen molar-refractivity contribution in [3.63, 3.8) is 0 Å². The lowest BCUT2D eigenvalue weighted by atomic mass is 9.95. The van der Waals surface area contributed by atoms with E-state index >= 15 is 0 Å². The van der Waals surface area contributed by atoms with Crippen molar-refractivity contribution in [1.29, 1.82) is 0 Å². The van der Waals surface area contributed by atoms with Gasteiger partial charge >= 0.3 is 5.97 Å². The molecule has 2 aromatic rings. The lowest BCUT2D eigenvalue weighted by Crippen LogP contribution is -2.41. The number of methoxy groups -OCH3 is 1. The van der Waals surface area contributed by atoms with E-state index in [0.717, 1.165) is 43.6 Å². The number of hydrogen-bond acceptors (Lipinski definition) is 5. The van der Waals surface area contributed by atoms with Gasteiger partial charge < -0.3 is 20.1 Å². The van der Waals surface area contributed by atoms with Crippen LogP contribution >= 0.6 is 11.6 Å². The molecule has 2 atom stereocenters. The summed E-state index contributed by atoms with van der Waals surface area (Å²) in [7, 11) is 1.39. The van der Waals surface area contributed by atoms with E-state index in [9.17, 15) is 9.90 Å². The molecule has 0 radical (unpaired) electrons. The minimum absolute atomic E-state index is 0.332. The van der Waals surface area contributed by atoms with E-state index in [4.69, 9.17) is 16.3 Å². The lowest BCUT2D eigenvalue weighted by molar-refractivity contribution is -0.143. The molecular weight excluding hydrogens is 388 g/mol. The third kappa shape index (κ3) is 6.03. The number of ether oxygens (including phenoxy) is 1. The van der Waals surface area contributed by atoms with Crippen molar-refractivity contribution in [2.75, 3.05) is 33.3 Å². The maximum atomic E-state index is 12.3. The van der Waals surface area contributed by atoms with Gasteiger partial charge in [0.15, 0.2) is 0 Å². The molecule has 2 unspecified atom stereocenters. The fourth-order valence-corrected chi connectivity index (χ4v) is 4.07. The summed E-state index contributed by atoms with van der Waals surface area (Å²) in [4.78, 5) is 14.6. The molecule has 3 rings (SSSR count). The van der Waals surface area contributed by atoms with Gasteiger partial charge in [-0.15, -0.1) is 0 Å². The van der Waals surface area contributed by atoms with Crippen LogP contribution in [0.15, 0.2) is 54.6 Å². The molecule has 29 heavy (non-hydrogen) atoms. The third-order valence-corrected chi connectivity index (χ3v) is 5.93. The minimum Gasteiger partial charge on any atom is -0.468 e. The number of nitrogens with zero attached hydrogens (tertiary/aromatic N) is 1. The number of carbonyl (C=O) groups excluding carboxylic acids is 1. The Hall–Kier alpha value is -1.92. The third-order valence-electron chi connectivity index (χ3n) is 5.59. The molecule has 0 amide bonds. The number of halogens is 1. The number of hydrogen-bond donors (Lipinski definition) is 2. The fourth-order valence-electron chi connectivity index (χ4n) is 3.83. The van der Waals surface area contributed by atoms with E-state index in [1.807, 2.05) is 48.5 Å². The number of carbonyl (C=O) groups is 1. The number of esters is 1. The summed E-state index contributed by atoms with van der Waals surface area (Å²) in [6, 6.07) is 16.6. The van der Waals surface area contributed by atoms with E-state index in [2.05, 4.69) is 10.2 Å². The zero-order valence-electron chi connectivity index (χ0n) is 16.8. The normalized spacial score (nSPS) is 17.6. The molecule has 156 valence electrons. The lowest BCUT2D eigenvalue weighted by Gasteiger charge is -2.34. The van der Waals surface area contributed by atoms with Crippen LogP contribution in [0.5, 0.6) is 0 Å². The number of likely N-dealkylation sites (tertiary alicyclic amines) is 1. The SMILES string of the molecule is COC(=O)C(NCC1CCN(CC(O)c2ccccc2)CC1)c1ccccc1Cl. The zero-order valence-corrected chi connectivity index (χ0v) is 17.5. The van der Waals surface area contributed by atoms with E-state index in [1.54, 1.807) is 6.07 Å². The first kappa shape index (κ1) is 21.8. The van der Waals surface area contributed by atoms with Gasteiger partial charge in [-0.1, -0.05) is 60.1 Å². The second-order valence-corrected chi connectivity index (χ2v) is 7.96. The number of aliphatic hydroxyl groups excluding tert-OH is 1. The molecule has 0 bridgehead atoms. The summed E-state index contributed by atoms with van der Waals surface area (Å²) in [6.45, 7) is 3.24. The monoisotopic (exact) mass is 416 g/mol. The van der Waals surface area contributed by atoms with Crippen LogP contribution in [0, 0.1) is 5.92 Å². The molecule has 2 N–H and O–H groups in total. The van der Waals surface area contributed by atoms with Crippen molar-refractivity contribution in [3.05, 3.63) is 70.7 Å². The molecular formula is C23H29ClN2O3. The smallest absolute Gasteiger partial charge is 0.327 e. The van der Waals surface area contributed by atoms with Gasteiger partial charge in [0.25, 0.3) is 0 Å². The standard InChI is InChI=1S/C23H29ClN2O3/c1-29-23(28)22(19-9-5-6-10-20(19)24)25-15-17-11-13-26(14-12-17)16-21(27)18-7-3-2-4-8-18/h2-10,17,21-22,25,27H,11-16H2,1H3. The number of nitrogens with one attached hydrogen (secondary N) is 1. The molecule has 2 aromatic carbocycles. The summed E-state index contributed by atoms with van der Waals surface area (Å²) >= 11 is 6.28. The molecule has 1 saturated heterocycles. The molecule has 0 aliphatic carbocycles. The molecule has 0 spiro atoms. The molecule has 0 aromatic heterocycles. The van der Waals surface area contributed by atoms with Crippen molar-refractivity contribution >= 4 is 17.6 Å². The quantitative estimate of drug-likeness (QED) is 0.644. The van der Waals surface area contributed by atoms with E-state index < -0.39 is 12.1 Å². The van der Waals surface area contributed by atoms with Crippen molar-refractivity contribution in [2.45, 2.75) is 25.0 Å². The average Bonchev–Trinajstić information content (AvgIpc) is 2.76. The topological polar surface area (TPSA) is 61.8 Å². The highest BCUT2D eigenvalue weighted by atomic mass is 35.5. The van der Waals surface area contributed by atoms with Crippen LogP contribution < -0.4 is 5.32 Å². The predicted octanol–water partition coefficient (Wildman–Crippen LogP) is 3.59. The molecule has 0 saturated carbocycles. The first-order chi connectivity index (χ1) is 14.1. The van der Waals surface area contributed by atoms with Crippen molar-refractivity contribution < 1.29 is 14.6 Å². The molecule has 6 heteroatoms. The van der Waals surface area contributed by atoms with Crippen molar-refractivity contribution in [1.82, 2.24) is 10.2 Å². The van der Waals surface area contributed by atoms with Gasteiger partial charge in [-0.3, -0.25) is 0 Å². The van der Waals surface area contributed by atoms with Crippen LogP contribution in [-0.2, 0) is 9.53 Å². The number of benzene rings is 2. The second kappa shape index (κ2) is 10.7. The maximum Gasteiger partial charge on any atom is 0.327 e.